The molecule has 1 heterocycles. The molecular formula is C13H9ClF3N3O3. The van der Waals surface area contributed by atoms with E-state index in [0.29, 0.717) is 10.6 Å². The van der Waals surface area contributed by atoms with Crippen LogP contribution in [0.3, 0.4) is 0 Å². The van der Waals surface area contributed by atoms with E-state index in [1.807, 2.05) is 5.32 Å². The summed E-state index contributed by atoms with van der Waals surface area (Å²) in [5.41, 5.74) is -3.79. The monoisotopic (exact) mass is 347 g/mol. The first-order chi connectivity index (χ1) is 10.6. The van der Waals surface area contributed by atoms with Crippen LogP contribution in [-0.4, -0.2) is 15.5 Å². The first-order valence-corrected chi connectivity index (χ1v) is 6.46. The van der Waals surface area contributed by atoms with Crippen LogP contribution in [0.4, 0.5) is 18.9 Å². The summed E-state index contributed by atoms with van der Waals surface area (Å²) in [5, 5.41) is 1.84. The van der Waals surface area contributed by atoms with Crippen LogP contribution in [0.5, 0.6) is 0 Å². The molecule has 0 aliphatic carbocycles. The summed E-state index contributed by atoms with van der Waals surface area (Å²) < 4.78 is 39.5. The third-order valence-corrected chi connectivity index (χ3v) is 3.16. The number of nitrogens with one attached hydrogen (secondary N) is 2. The van der Waals surface area contributed by atoms with Crippen molar-refractivity contribution in [1.82, 2.24) is 9.55 Å². The molecule has 0 fully saturated rings. The van der Waals surface area contributed by atoms with E-state index in [9.17, 15) is 27.6 Å². The van der Waals surface area contributed by atoms with Crippen LogP contribution in [0.1, 0.15) is 16.1 Å². The van der Waals surface area contributed by atoms with E-state index in [4.69, 9.17) is 11.6 Å². The number of halogens is 4. The zero-order valence-corrected chi connectivity index (χ0v) is 12.2. The minimum absolute atomic E-state index is 0.155. The molecule has 1 aromatic heterocycles. The normalized spacial score (nSPS) is 11.3. The van der Waals surface area contributed by atoms with Crippen molar-refractivity contribution in [2.75, 3.05) is 5.32 Å². The summed E-state index contributed by atoms with van der Waals surface area (Å²) >= 11 is 5.53. The molecule has 0 aliphatic rings. The number of nitrogens with zero attached hydrogens (tertiary/aromatic N) is 1. The smallest absolute Gasteiger partial charge is 0.320 e. The second kappa shape index (κ2) is 5.92. The number of rotatable bonds is 2. The first-order valence-electron chi connectivity index (χ1n) is 6.08. The molecule has 0 saturated carbocycles. The Kier molecular flexibility index (Phi) is 4.33. The van der Waals surface area contributed by atoms with Gasteiger partial charge in [0.15, 0.2) is 0 Å². The summed E-state index contributed by atoms with van der Waals surface area (Å²) in [4.78, 5) is 36.9. The minimum Gasteiger partial charge on any atom is -0.320 e. The third kappa shape index (κ3) is 3.62. The molecule has 23 heavy (non-hydrogen) atoms. The Balaban J connectivity index is 2.42. The Morgan fingerprint density at radius 3 is 2.48 bits per heavy atom. The van der Waals surface area contributed by atoms with E-state index in [1.165, 1.54) is 13.1 Å². The van der Waals surface area contributed by atoms with Gasteiger partial charge in [0.1, 0.15) is 5.69 Å². The van der Waals surface area contributed by atoms with Crippen molar-refractivity contribution < 1.29 is 18.0 Å². The maximum Gasteiger partial charge on any atom is 0.418 e. The van der Waals surface area contributed by atoms with Crippen molar-refractivity contribution in [3.05, 3.63) is 61.4 Å². The van der Waals surface area contributed by atoms with Gasteiger partial charge in [0, 0.05) is 18.1 Å². The number of alkyl halides is 3. The van der Waals surface area contributed by atoms with Crippen molar-refractivity contribution in [1.29, 1.82) is 0 Å². The average Bonchev–Trinajstić information content (AvgIpc) is 2.45. The summed E-state index contributed by atoms with van der Waals surface area (Å²) in [6, 6.07) is 3.60. The lowest BCUT2D eigenvalue weighted by atomic mass is 10.1. The second-order valence-electron chi connectivity index (χ2n) is 4.53. The van der Waals surface area contributed by atoms with Gasteiger partial charge in [-0.1, -0.05) is 11.6 Å². The molecule has 0 atom stereocenters. The van der Waals surface area contributed by atoms with E-state index in [2.05, 4.69) is 4.98 Å². The van der Waals surface area contributed by atoms with Gasteiger partial charge in [-0.05, 0) is 18.2 Å². The van der Waals surface area contributed by atoms with Crippen LogP contribution in [-0.2, 0) is 13.2 Å². The number of carbonyl (C=O) groups is 1. The molecular weight excluding hydrogens is 339 g/mol. The maximum atomic E-state index is 12.9. The van der Waals surface area contributed by atoms with E-state index in [0.717, 1.165) is 12.1 Å². The largest absolute Gasteiger partial charge is 0.418 e. The number of amides is 1. The molecule has 0 radical (unpaired) electrons. The van der Waals surface area contributed by atoms with Crippen LogP contribution < -0.4 is 16.6 Å². The van der Waals surface area contributed by atoms with E-state index >= 15 is 0 Å². The van der Waals surface area contributed by atoms with Crippen LogP contribution in [0.25, 0.3) is 0 Å². The fourth-order valence-electron chi connectivity index (χ4n) is 1.73. The molecule has 2 rings (SSSR count). The molecule has 1 amide bonds. The number of H-pyrrole nitrogens is 1. The maximum absolute atomic E-state index is 12.9. The molecule has 122 valence electrons. The quantitative estimate of drug-likeness (QED) is 0.871. The fourth-order valence-corrected chi connectivity index (χ4v) is 1.90. The molecule has 0 spiro atoms. The standard InChI is InChI=1S/C13H9ClF3N3O3/c1-20-10(21)5-9(19-12(20)23)11(22)18-8-3-2-6(14)4-7(8)13(15,16)17/h2-5H,1H3,(H,18,22)(H,19,23). The number of hydrogen-bond acceptors (Lipinski definition) is 3. The highest BCUT2D eigenvalue weighted by Crippen LogP contribution is 2.36. The van der Waals surface area contributed by atoms with Crippen molar-refractivity contribution in [2.45, 2.75) is 6.18 Å². The molecule has 0 aliphatic heterocycles. The van der Waals surface area contributed by atoms with Gasteiger partial charge in [0.25, 0.3) is 11.5 Å². The molecule has 0 saturated heterocycles. The van der Waals surface area contributed by atoms with Gasteiger partial charge < -0.3 is 10.3 Å². The Hall–Kier alpha value is -2.55. The lowest BCUT2D eigenvalue weighted by Crippen LogP contribution is -2.35. The van der Waals surface area contributed by atoms with E-state index in [-0.39, 0.29) is 5.02 Å². The van der Waals surface area contributed by atoms with Gasteiger partial charge in [0.2, 0.25) is 0 Å². The highest BCUT2D eigenvalue weighted by molar-refractivity contribution is 6.30. The highest BCUT2D eigenvalue weighted by Gasteiger charge is 2.34. The Labute approximate surface area is 131 Å². The lowest BCUT2D eigenvalue weighted by molar-refractivity contribution is -0.136. The van der Waals surface area contributed by atoms with Crippen molar-refractivity contribution >= 4 is 23.2 Å². The molecule has 2 N–H and O–H groups in total. The number of aromatic nitrogens is 2. The number of benzene rings is 1. The molecule has 6 nitrogen and oxygen atoms in total. The summed E-state index contributed by atoms with van der Waals surface area (Å²) in [6.07, 6.45) is -4.74. The van der Waals surface area contributed by atoms with Crippen LogP contribution >= 0.6 is 11.6 Å². The molecule has 0 unspecified atom stereocenters. The second-order valence-corrected chi connectivity index (χ2v) is 4.96. The number of carbonyl (C=O) groups excluding carboxylic acids is 1. The van der Waals surface area contributed by atoms with Gasteiger partial charge in [-0.15, -0.1) is 0 Å². The molecule has 10 heteroatoms. The topological polar surface area (TPSA) is 84.0 Å². The van der Waals surface area contributed by atoms with Crippen molar-refractivity contribution in [3.63, 3.8) is 0 Å². The summed E-state index contributed by atoms with van der Waals surface area (Å²) in [6.45, 7) is 0. The lowest BCUT2D eigenvalue weighted by Gasteiger charge is -2.14. The van der Waals surface area contributed by atoms with Gasteiger partial charge in [-0.3, -0.25) is 14.2 Å². The number of hydrogen-bond donors (Lipinski definition) is 2. The van der Waals surface area contributed by atoms with Gasteiger partial charge in [-0.25, -0.2) is 4.79 Å². The SMILES string of the molecule is Cn1c(=O)cc(C(=O)Nc2ccc(Cl)cc2C(F)(F)F)[nH]c1=O. The predicted octanol–water partition coefficient (Wildman–Crippen LogP) is 2.00. The summed E-state index contributed by atoms with van der Waals surface area (Å²) in [5.74, 6) is -1.06. The van der Waals surface area contributed by atoms with Gasteiger partial charge in [0.05, 0.1) is 11.3 Å². The van der Waals surface area contributed by atoms with Crippen LogP contribution in [0, 0.1) is 0 Å². The van der Waals surface area contributed by atoms with Crippen LogP contribution in [0.15, 0.2) is 33.9 Å². The third-order valence-electron chi connectivity index (χ3n) is 2.92. The fraction of sp³-hybridized carbons (Fsp3) is 0.154. The first kappa shape index (κ1) is 16.8. The minimum atomic E-state index is -4.74. The van der Waals surface area contributed by atoms with E-state index < -0.39 is 40.3 Å². The van der Waals surface area contributed by atoms with Crippen molar-refractivity contribution in [2.24, 2.45) is 7.05 Å². The van der Waals surface area contributed by atoms with Crippen LogP contribution in [0.2, 0.25) is 5.02 Å². The Morgan fingerprint density at radius 1 is 1.26 bits per heavy atom. The van der Waals surface area contributed by atoms with Crippen molar-refractivity contribution in [3.8, 4) is 0 Å². The van der Waals surface area contributed by atoms with Gasteiger partial charge in [-0.2, -0.15) is 13.2 Å². The van der Waals surface area contributed by atoms with E-state index in [1.54, 1.807) is 0 Å². The zero-order valence-electron chi connectivity index (χ0n) is 11.5. The highest BCUT2D eigenvalue weighted by atomic mass is 35.5. The van der Waals surface area contributed by atoms with Gasteiger partial charge >= 0.3 is 11.9 Å². The number of anilines is 1. The number of aromatic amines is 1. The Morgan fingerprint density at radius 2 is 1.91 bits per heavy atom. The Bertz CT molecular complexity index is 855. The molecule has 0 bridgehead atoms. The molecule has 2 aromatic rings. The predicted molar refractivity (Wildman–Crippen MR) is 76.7 cm³/mol. The average molecular weight is 348 g/mol. The summed E-state index contributed by atoms with van der Waals surface area (Å²) in [7, 11) is 1.18. The zero-order chi connectivity index (χ0) is 17.4. The molecule has 1 aromatic carbocycles.